The molecule has 160 valence electrons. The van der Waals surface area contributed by atoms with Crippen molar-refractivity contribution in [1.29, 1.82) is 0 Å². The van der Waals surface area contributed by atoms with Crippen LogP contribution in [0, 0.1) is 5.82 Å². The molecule has 1 aromatic rings. The summed E-state index contributed by atoms with van der Waals surface area (Å²) in [6.07, 6.45) is -1.59. The van der Waals surface area contributed by atoms with Crippen molar-refractivity contribution >= 4 is 12.0 Å². The van der Waals surface area contributed by atoms with E-state index >= 15 is 0 Å². The van der Waals surface area contributed by atoms with Crippen LogP contribution in [-0.4, -0.2) is 64.1 Å². The predicted molar refractivity (Wildman–Crippen MR) is 104 cm³/mol. The smallest absolute Gasteiger partial charge is 0.407 e. The van der Waals surface area contributed by atoms with Crippen molar-refractivity contribution in [2.24, 2.45) is 0 Å². The highest BCUT2D eigenvalue weighted by molar-refractivity contribution is 5.91. The number of aliphatic hydroxyl groups excluding tert-OH is 2. The third-order valence-corrected chi connectivity index (χ3v) is 5.37. The van der Waals surface area contributed by atoms with E-state index in [2.05, 4.69) is 5.32 Å². The van der Waals surface area contributed by atoms with E-state index in [0.29, 0.717) is 18.4 Å². The van der Waals surface area contributed by atoms with Crippen molar-refractivity contribution in [2.75, 3.05) is 13.1 Å². The molecule has 0 unspecified atom stereocenters. The number of hydrogen-bond donors (Lipinski definition) is 3. The van der Waals surface area contributed by atoms with Crippen LogP contribution in [0.4, 0.5) is 9.18 Å². The zero-order valence-electron chi connectivity index (χ0n) is 17.0. The number of rotatable bonds is 3. The van der Waals surface area contributed by atoms with Gasteiger partial charge in [-0.15, -0.1) is 0 Å². The highest BCUT2D eigenvalue weighted by atomic mass is 19.1. The van der Waals surface area contributed by atoms with Gasteiger partial charge >= 0.3 is 6.09 Å². The second-order valence-corrected chi connectivity index (χ2v) is 8.98. The lowest BCUT2D eigenvalue weighted by Crippen LogP contribution is -2.49. The SMILES string of the molecule is CC(C)(C)OC(=O)N[C@@H]1C[C@@H](O)CN(C(=O)C2(c3ccccc3F)CC2)C[C@H]1O. The summed E-state index contributed by atoms with van der Waals surface area (Å²) in [4.78, 5) is 26.7. The zero-order valence-corrected chi connectivity index (χ0v) is 17.0. The Morgan fingerprint density at radius 1 is 1.21 bits per heavy atom. The number of carbonyl (C=O) groups excluding carboxylic acids is 2. The van der Waals surface area contributed by atoms with Gasteiger partial charge in [-0.1, -0.05) is 18.2 Å². The van der Waals surface area contributed by atoms with Gasteiger partial charge in [0.15, 0.2) is 0 Å². The monoisotopic (exact) mass is 408 g/mol. The van der Waals surface area contributed by atoms with Crippen LogP contribution in [0.15, 0.2) is 24.3 Å². The van der Waals surface area contributed by atoms with E-state index in [1.165, 1.54) is 11.0 Å². The Bertz CT molecular complexity index is 775. The lowest BCUT2D eigenvalue weighted by Gasteiger charge is -2.29. The molecule has 3 N–H and O–H groups in total. The van der Waals surface area contributed by atoms with E-state index in [1.807, 2.05) is 0 Å². The van der Waals surface area contributed by atoms with E-state index in [-0.39, 0.29) is 25.4 Å². The van der Waals surface area contributed by atoms with E-state index in [0.717, 1.165) is 0 Å². The molecule has 3 atom stereocenters. The molecule has 2 amide bonds. The minimum atomic E-state index is -1.08. The molecule has 1 saturated heterocycles. The second-order valence-electron chi connectivity index (χ2n) is 8.98. The summed E-state index contributed by atoms with van der Waals surface area (Å²) in [5.74, 6) is -0.739. The van der Waals surface area contributed by atoms with Crippen molar-refractivity contribution < 1.29 is 28.9 Å². The van der Waals surface area contributed by atoms with Crippen LogP contribution in [0.1, 0.15) is 45.6 Å². The van der Waals surface area contributed by atoms with Gasteiger partial charge in [-0.3, -0.25) is 4.79 Å². The molecule has 0 spiro atoms. The third-order valence-electron chi connectivity index (χ3n) is 5.37. The summed E-state index contributed by atoms with van der Waals surface area (Å²) in [7, 11) is 0. The van der Waals surface area contributed by atoms with Crippen LogP contribution in [0.25, 0.3) is 0 Å². The molecular formula is C21H29FN2O5. The molecule has 1 saturated carbocycles. The van der Waals surface area contributed by atoms with Gasteiger partial charge in [0.2, 0.25) is 5.91 Å². The van der Waals surface area contributed by atoms with Crippen molar-refractivity contribution in [3.63, 3.8) is 0 Å². The first-order valence-electron chi connectivity index (χ1n) is 9.92. The van der Waals surface area contributed by atoms with E-state index < -0.39 is 41.2 Å². The minimum Gasteiger partial charge on any atom is -0.444 e. The molecule has 0 bridgehead atoms. The molecule has 0 aromatic heterocycles. The van der Waals surface area contributed by atoms with Crippen molar-refractivity contribution in [3.8, 4) is 0 Å². The molecule has 7 nitrogen and oxygen atoms in total. The second kappa shape index (κ2) is 7.91. The van der Waals surface area contributed by atoms with Crippen LogP contribution < -0.4 is 5.32 Å². The Morgan fingerprint density at radius 2 is 1.86 bits per heavy atom. The molecule has 3 rings (SSSR count). The average molecular weight is 408 g/mol. The van der Waals surface area contributed by atoms with Crippen LogP contribution in [0.3, 0.4) is 0 Å². The Labute approximate surface area is 169 Å². The van der Waals surface area contributed by atoms with Crippen molar-refractivity contribution in [2.45, 2.75) is 69.3 Å². The fraction of sp³-hybridized carbons (Fsp3) is 0.619. The lowest BCUT2D eigenvalue weighted by molar-refractivity contribution is -0.136. The summed E-state index contributed by atoms with van der Waals surface area (Å²) >= 11 is 0. The molecular weight excluding hydrogens is 379 g/mol. The fourth-order valence-electron chi connectivity index (χ4n) is 3.86. The van der Waals surface area contributed by atoms with Crippen LogP contribution in [-0.2, 0) is 14.9 Å². The number of hydrogen-bond acceptors (Lipinski definition) is 5. The van der Waals surface area contributed by atoms with E-state index in [9.17, 15) is 24.2 Å². The molecule has 1 aliphatic heterocycles. The number of likely N-dealkylation sites (tertiary alicyclic amines) is 1. The maximum absolute atomic E-state index is 14.3. The zero-order chi connectivity index (χ0) is 21.4. The maximum atomic E-state index is 14.3. The van der Waals surface area contributed by atoms with Gasteiger partial charge in [-0.05, 0) is 46.1 Å². The number of carbonyl (C=O) groups is 2. The summed E-state index contributed by atoms with van der Waals surface area (Å²) in [6, 6.07) is 5.44. The molecule has 8 heteroatoms. The summed E-state index contributed by atoms with van der Waals surface area (Å²) in [6.45, 7) is 5.13. The van der Waals surface area contributed by atoms with Gasteiger partial charge in [0.05, 0.1) is 23.7 Å². The first-order chi connectivity index (χ1) is 13.5. The van der Waals surface area contributed by atoms with Gasteiger partial charge in [0, 0.05) is 18.7 Å². The van der Waals surface area contributed by atoms with Gasteiger partial charge in [-0.2, -0.15) is 0 Å². The van der Waals surface area contributed by atoms with Crippen molar-refractivity contribution in [3.05, 3.63) is 35.6 Å². The van der Waals surface area contributed by atoms with E-state index in [4.69, 9.17) is 4.74 Å². The fourth-order valence-corrected chi connectivity index (χ4v) is 3.86. The molecule has 1 aliphatic carbocycles. The van der Waals surface area contributed by atoms with E-state index in [1.54, 1.807) is 39.0 Å². The quantitative estimate of drug-likeness (QED) is 0.707. The maximum Gasteiger partial charge on any atom is 0.407 e. The average Bonchev–Trinajstić information content (AvgIpc) is 3.40. The van der Waals surface area contributed by atoms with Crippen LogP contribution in [0.5, 0.6) is 0 Å². The van der Waals surface area contributed by atoms with Gasteiger partial charge in [0.1, 0.15) is 11.4 Å². The van der Waals surface area contributed by atoms with Crippen molar-refractivity contribution in [1.82, 2.24) is 10.2 Å². The predicted octanol–water partition coefficient (Wildman–Crippen LogP) is 1.70. The molecule has 29 heavy (non-hydrogen) atoms. The first-order valence-corrected chi connectivity index (χ1v) is 9.92. The number of β-amino-alcohol motifs (C(OH)–C–C–N with tert-alkyl or cyclic N) is 2. The first kappa shape index (κ1) is 21.5. The number of alkyl carbamates (subject to hydrolysis) is 1. The topological polar surface area (TPSA) is 99.1 Å². The lowest BCUT2D eigenvalue weighted by atomic mass is 9.93. The minimum absolute atomic E-state index is 0.0125. The number of halogens is 1. The van der Waals surface area contributed by atoms with Gasteiger partial charge < -0.3 is 25.2 Å². The number of nitrogens with one attached hydrogen (secondary N) is 1. The highest BCUT2D eigenvalue weighted by Crippen LogP contribution is 2.50. The summed E-state index contributed by atoms with van der Waals surface area (Å²) < 4.78 is 19.5. The number of ether oxygens (including phenoxy) is 1. The van der Waals surface area contributed by atoms with Crippen LogP contribution in [0.2, 0.25) is 0 Å². The summed E-state index contributed by atoms with van der Waals surface area (Å²) in [5.41, 5.74) is -1.29. The number of benzene rings is 1. The highest BCUT2D eigenvalue weighted by Gasteiger charge is 2.55. The normalized spacial score (nSPS) is 26.4. The largest absolute Gasteiger partial charge is 0.444 e. The molecule has 2 aliphatic rings. The molecule has 1 heterocycles. The number of aliphatic hydroxyl groups is 2. The molecule has 1 aromatic carbocycles. The summed E-state index contributed by atoms with van der Waals surface area (Å²) in [5, 5.41) is 23.6. The van der Waals surface area contributed by atoms with Gasteiger partial charge in [0.25, 0.3) is 0 Å². The molecule has 0 radical (unpaired) electrons. The molecule has 2 fully saturated rings. The Hall–Kier alpha value is -2.19. The Morgan fingerprint density at radius 3 is 2.45 bits per heavy atom. The Balaban J connectivity index is 1.72. The number of nitrogens with zero attached hydrogens (tertiary/aromatic N) is 1. The van der Waals surface area contributed by atoms with Crippen LogP contribution >= 0.6 is 0 Å². The third kappa shape index (κ3) is 4.87. The number of amides is 2. The standard InChI is InChI=1S/C21H29FN2O5/c1-20(2,3)29-19(28)23-16-10-13(25)11-24(12-17(16)26)18(27)21(8-9-21)14-6-4-5-7-15(14)22/h4-7,13,16-17,25-26H,8-12H2,1-3H3,(H,23,28)/t13-,16-,17-/m1/s1. The Kier molecular flexibility index (Phi) is 5.87. The van der Waals surface area contributed by atoms with Gasteiger partial charge in [-0.25, -0.2) is 9.18 Å².